The number of aliphatic hydroxyl groups is 1. The first kappa shape index (κ1) is 70.5. The van der Waals surface area contributed by atoms with E-state index in [4.69, 9.17) is 9.05 Å². The third kappa shape index (κ3) is 57.1. The van der Waals surface area contributed by atoms with E-state index in [0.29, 0.717) is 23.9 Å². The Morgan fingerprint density at radius 1 is 0.437 bits per heavy atom. The van der Waals surface area contributed by atoms with Crippen molar-refractivity contribution in [1.29, 1.82) is 0 Å². The molecule has 9 heteroatoms. The summed E-state index contributed by atoms with van der Waals surface area (Å²) in [6.45, 7) is 4.76. The van der Waals surface area contributed by atoms with Crippen molar-refractivity contribution in [2.24, 2.45) is 0 Å². The SMILES string of the molecule is CCCCCCCCCCCCCCCCCCCCCCCCCCCCCCCCCCCCCCCCC(=O)NC(COP(=O)([O-])OCC[N+](C)(C)C)C(O)CCCCCCCCCCCCC. The minimum Gasteiger partial charge on any atom is -0.756 e. The van der Waals surface area contributed by atoms with E-state index >= 15 is 0 Å². The summed E-state index contributed by atoms with van der Waals surface area (Å²) in [5.41, 5.74) is 0. The van der Waals surface area contributed by atoms with Crippen LogP contribution in [0.3, 0.4) is 0 Å². The van der Waals surface area contributed by atoms with Gasteiger partial charge < -0.3 is 28.8 Å². The number of hydrogen-bond donors (Lipinski definition) is 2. The van der Waals surface area contributed by atoms with Gasteiger partial charge in [0.1, 0.15) is 13.2 Å². The number of quaternary nitrogens is 1. The Morgan fingerprint density at radius 2 is 0.690 bits per heavy atom. The Balaban J connectivity index is 3.77. The second-order valence-electron chi connectivity index (χ2n) is 23.5. The van der Waals surface area contributed by atoms with Crippen LogP contribution in [0.4, 0.5) is 0 Å². The number of carbonyl (C=O) groups is 1. The quantitative estimate of drug-likeness (QED) is 0.0357. The molecule has 0 aliphatic heterocycles. The first-order valence-corrected chi connectivity index (χ1v) is 33.3. The average molecular weight is 1030 g/mol. The summed E-state index contributed by atoms with van der Waals surface area (Å²) in [7, 11) is 1.32. The van der Waals surface area contributed by atoms with Crippen LogP contribution in [0.5, 0.6) is 0 Å². The fraction of sp³-hybridized carbons (Fsp3) is 0.984. The maximum atomic E-state index is 13.0. The second kappa shape index (κ2) is 54.3. The lowest BCUT2D eigenvalue weighted by atomic mass is 10.0. The lowest BCUT2D eigenvalue weighted by Crippen LogP contribution is -2.46. The number of phosphoric ester groups is 1. The molecule has 0 saturated heterocycles. The van der Waals surface area contributed by atoms with Gasteiger partial charge in [-0.25, -0.2) is 0 Å². The van der Waals surface area contributed by atoms with Crippen molar-refractivity contribution in [3.8, 4) is 0 Å². The van der Waals surface area contributed by atoms with Crippen molar-refractivity contribution < 1.29 is 32.9 Å². The Labute approximate surface area is 444 Å². The van der Waals surface area contributed by atoms with Crippen molar-refractivity contribution >= 4 is 13.7 Å². The molecule has 0 bridgehead atoms. The van der Waals surface area contributed by atoms with Crippen LogP contribution in [0.1, 0.15) is 341 Å². The number of carbonyl (C=O) groups excluding carboxylic acids is 1. The first-order valence-electron chi connectivity index (χ1n) is 31.9. The van der Waals surface area contributed by atoms with Crippen LogP contribution < -0.4 is 10.2 Å². The molecule has 71 heavy (non-hydrogen) atoms. The van der Waals surface area contributed by atoms with E-state index in [-0.39, 0.29) is 19.1 Å². The van der Waals surface area contributed by atoms with Gasteiger partial charge in [-0.15, -0.1) is 0 Å². The van der Waals surface area contributed by atoms with Gasteiger partial charge in [-0.3, -0.25) is 9.36 Å². The Kier molecular flexibility index (Phi) is 53.9. The summed E-state index contributed by atoms with van der Waals surface area (Å²) in [6, 6.07) is -0.794. The Hall–Kier alpha value is -0.500. The molecule has 0 radical (unpaired) electrons. The molecule has 8 nitrogen and oxygen atoms in total. The molecule has 0 aromatic heterocycles. The second-order valence-corrected chi connectivity index (χ2v) is 24.9. The van der Waals surface area contributed by atoms with Crippen molar-refractivity contribution in [2.75, 3.05) is 40.9 Å². The van der Waals surface area contributed by atoms with Crippen LogP contribution in [0.25, 0.3) is 0 Å². The zero-order valence-electron chi connectivity index (χ0n) is 48.7. The van der Waals surface area contributed by atoms with Gasteiger partial charge in [0.05, 0.1) is 39.9 Å². The molecule has 0 aliphatic rings. The molecular weight excluding hydrogens is 900 g/mol. The summed E-state index contributed by atoms with van der Waals surface area (Å²) >= 11 is 0. The third-order valence-electron chi connectivity index (χ3n) is 15.1. The number of rotatable bonds is 60. The standard InChI is InChI=1S/C62H127N2O6P/c1-6-8-10-12-14-16-18-19-20-21-22-23-24-25-26-27-28-29-30-31-32-33-34-35-36-37-38-39-40-41-42-43-44-46-48-50-52-54-56-62(66)63-60(59-70-71(67,68)69-58-57-64(3,4)5)61(65)55-53-51-49-47-45-17-15-13-11-9-7-2/h60-61,65H,6-59H2,1-5H3,(H-,63,66,67,68). The van der Waals surface area contributed by atoms with Crippen LogP contribution in [0, 0.1) is 0 Å². The van der Waals surface area contributed by atoms with Gasteiger partial charge >= 0.3 is 0 Å². The van der Waals surface area contributed by atoms with Crippen LogP contribution in [-0.4, -0.2) is 68.5 Å². The van der Waals surface area contributed by atoms with Crippen LogP contribution in [0.15, 0.2) is 0 Å². The minimum atomic E-state index is -4.56. The fourth-order valence-corrected chi connectivity index (χ4v) is 10.8. The zero-order valence-corrected chi connectivity index (χ0v) is 49.6. The van der Waals surface area contributed by atoms with Gasteiger partial charge in [0.25, 0.3) is 7.82 Å². The monoisotopic (exact) mass is 1030 g/mol. The Bertz CT molecular complexity index is 1120. The molecule has 0 aromatic carbocycles. The molecule has 2 N–H and O–H groups in total. The fourth-order valence-electron chi connectivity index (χ4n) is 10.1. The van der Waals surface area contributed by atoms with Gasteiger partial charge in [-0.2, -0.15) is 0 Å². The molecule has 0 saturated carbocycles. The van der Waals surface area contributed by atoms with E-state index in [0.717, 1.165) is 38.5 Å². The maximum absolute atomic E-state index is 13.0. The highest BCUT2D eigenvalue weighted by atomic mass is 31.2. The van der Waals surface area contributed by atoms with E-state index < -0.39 is 20.0 Å². The van der Waals surface area contributed by atoms with Gasteiger partial charge in [0, 0.05) is 6.42 Å². The molecular formula is C62H127N2O6P. The van der Waals surface area contributed by atoms with Crippen LogP contribution in [0.2, 0.25) is 0 Å². The highest BCUT2D eigenvalue weighted by molar-refractivity contribution is 7.45. The molecule has 0 fully saturated rings. The number of likely N-dealkylation sites (N-methyl/N-ethyl adjacent to an activating group) is 1. The topological polar surface area (TPSA) is 108 Å². The summed E-state index contributed by atoms with van der Waals surface area (Å²) in [4.78, 5) is 25.5. The van der Waals surface area contributed by atoms with Crippen LogP contribution >= 0.6 is 7.82 Å². The number of unbranched alkanes of at least 4 members (excludes halogenated alkanes) is 47. The summed E-state index contributed by atoms with van der Waals surface area (Å²) < 4.78 is 23.4. The maximum Gasteiger partial charge on any atom is 0.268 e. The predicted octanol–water partition coefficient (Wildman–Crippen LogP) is 19.0. The van der Waals surface area contributed by atoms with Gasteiger partial charge in [-0.1, -0.05) is 322 Å². The summed E-state index contributed by atoms with van der Waals surface area (Å²) in [5, 5.41) is 14.0. The van der Waals surface area contributed by atoms with Crippen LogP contribution in [-0.2, 0) is 18.4 Å². The smallest absolute Gasteiger partial charge is 0.268 e. The summed E-state index contributed by atoms with van der Waals surface area (Å²) in [5.74, 6) is -0.158. The molecule has 0 aliphatic carbocycles. The molecule has 0 heterocycles. The molecule has 0 spiro atoms. The number of phosphoric acid groups is 1. The molecule has 0 aromatic rings. The predicted molar refractivity (Wildman–Crippen MR) is 307 cm³/mol. The van der Waals surface area contributed by atoms with E-state index in [9.17, 15) is 19.4 Å². The zero-order chi connectivity index (χ0) is 52.0. The number of nitrogens with one attached hydrogen (secondary N) is 1. The first-order chi connectivity index (χ1) is 34.5. The molecule has 3 unspecified atom stereocenters. The Morgan fingerprint density at radius 3 is 0.958 bits per heavy atom. The van der Waals surface area contributed by atoms with Gasteiger partial charge in [0.15, 0.2) is 0 Å². The highest BCUT2D eigenvalue weighted by Crippen LogP contribution is 2.38. The van der Waals surface area contributed by atoms with E-state index in [2.05, 4.69) is 19.2 Å². The number of hydrogen-bond acceptors (Lipinski definition) is 6. The number of amides is 1. The van der Waals surface area contributed by atoms with Gasteiger partial charge in [0.2, 0.25) is 5.91 Å². The number of nitrogens with zero attached hydrogens (tertiary/aromatic N) is 1. The molecule has 3 atom stereocenters. The molecule has 426 valence electrons. The molecule has 0 rings (SSSR count). The van der Waals surface area contributed by atoms with E-state index in [1.54, 1.807) is 0 Å². The lowest BCUT2D eigenvalue weighted by molar-refractivity contribution is -0.870. The van der Waals surface area contributed by atoms with Gasteiger partial charge in [-0.05, 0) is 12.8 Å². The molecule has 1 amide bonds. The van der Waals surface area contributed by atoms with E-state index in [1.165, 1.54) is 276 Å². The highest BCUT2D eigenvalue weighted by Gasteiger charge is 2.24. The lowest BCUT2D eigenvalue weighted by Gasteiger charge is -2.30. The third-order valence-corrected chi connectivity index (χ3v) is 16.1. The number of aliphatic hydroxyl groups excluding tert-OH is 1. The minimum absolute atomic E-state index is 0.0162. The van der Waals surface area contributed by atoms with Crippen molar-refractivity contribution in [3.05, 3.63) is 0 Å². The van der Waals surface area contributed by atoms with Crippen molar-refractivity contribution in [2.45, 2.75) is 353 Å². The van der Waals surface area contributed by atoms with Crippen molar-refractivity contribution in [1.82, 2.24) is 5.32 Å². The summed E-state index contributed by atoms with van der Waals surface area (Å²) in [6.07, 6.45) is 66.2. The average Bonchev–Trinajstić information content (AvgIpc) is 3.33. The van der Waals surface area contributed by atoms with E-state index in [1.807, 2.05) is 21.1 Å². The largest absolute Gasteiger partial charge is 0.756 e. The normalized spacial score (nSPS) is 13.7. The van der Waals surface area contributed by atoms with Crippen molar-refractivity contribution in [3.63, 3.8) is 0 Å².